The molecule has 0 spiro atoms. The third-order valence-corrected chi connectivity index (χ3v) is 2.48. The fraction of sp³-hybridized carbons (Fsp3) is 0.417. The first kappa shape index (κ1) is 15.8. The normalized spacial score (nSPS) is 12.6. The van der Waals surface area contributed by atoms with Gasteiger partial charge in [0, 0.05) is 12.5 Å². The Kier molecular flexibility index (Phi) is 4.91. The minimum Gasteiger partial charge on any atom is -0.481 e. The van der Waals surface area contributed by atoms with Gasteiger partial charge in [0.2, 0.25) is 0 Å². The molecular formula is C12H12F3N3O2. The number of nitrogens with zero attached hydrogens (tertiary/aromatic N) is 2. The Bertz CT molecular complexity index is 538. The number of carbonyl (C=O) groups is 1. The molecule has 0 aliphatic heterocycles. The molecule has 1 heterocycles. The number of nitriles is 1. The number of pyridine rings is 1. The van der Waals surface area contributed by atoms with Crippen molar-refractivity contribution in [1.82, 2.24) is 4.98 Å². The van der Waals surface area contributed by atoms with Gasteiger partial charge in [0.25, 0.3) is 0 Å². The number of hydrogen-bond acceptors (Lipinski definition) is 4. The smallest absolute Gasteiger partial charge is 0.433 e. The molecule has 8 heteroatoms. The topological polar surface area (TPSA) is 86.0 Å². The van der Waals surface area contributed by atoms with E-state index >= 15 is 0 Å². The van der Waals surface area contributed by atoms with Crippen LogP contribution in [0.5, 0.6) is 0 Å². The first-order valence-electron chi connectivity index (χ1n) is 5.70. The van der Waals surface area contributed by atoms with Crippen LogP contribution >= 0.6 is 0 Å². The summed E-state index contributed by atoms with van der Waals surface area (Å²) in [5.41, 5.74) is -1.13. The van der Waals surface area contributed by atoms with E-state index in [9.17, 15) is 18.0 Å². The van der Waals surface area contributed by atoms with Crippen LogP contribution in [-0.4, -0.2) is 22.1 Å². The molecule has 0 aliphatic carbocycles. The van der Waals surface area contributed by atoms with Crippen molar-refractivity contribution in [2.45, 2.75) is 32.0 Å². The summed E-state index contributed by atoms with van der Waals surface area (Å²) in [6, 6.07) is 3.07. The van der Waals surface area contributed by atoms with Crippen molar-refractivity contribution >= 4 is 11.8 Å². The number of carboxylic acid groups (broad SMARTS) is 1. The summed E-state index contributed by atoms with van der Waals surface area (Å²) in [4.78, 5) is 13.8. The zero-order valence-corrected chi connectivity index (χ0v) is 10.5. The van der Waals surface area contributed by atoms with Crippen molar-refractivity contribution in [2.75, 3.05) is 5.32 Å². The molecule has 1 unspecified atom stereocenters. The largest absolute Gasteiger partial charge is 0.481 e. The quantitative estimate of drug-likeness (QED) is 0.869. The highest BCUT2D eigenvalue weighted by atomic mass is 19.4. The lowest BCUT2D eigenvalue weighted by Gasteiger charge is -2.16. The van der Waals surface area contributed by atoms with E-state index in [-0.39, 0.29) is 24.2 Å². The Morgan fingerprint density at radius 3 is 2.70 bits per heavy atom. The number of aliphatic carboxylic acids is 1. The molecule has 5 nitrogen and oxygen atoms in total. The molecule has 2 N–H and O–H groups in total. The van der Waals surface area contributed by atoms with Crippen molar-refractivity contribution in [3.8, 4) is 6.07 Å². The van der Waals surface area contributed by atoms with E-state index in [2.05, 4.69) is 10.3 Å². The van der Waals surface area contributed by atoms with Crippen LogP contribution in [0.2, 0.25) is 0 Å². The Labute approximate surface area is 113 Å². The second kappa shape index (κ2) is 6.23. The average molecular weight is 287 g/mol. The first-order chi connectivity index (χ1) is 9.24. The standard InChI is InChI=1S/C12H12F3N3O2/c1-7(2-5-10(19)20)17-11-8(6-16)3-4-9(18-11)12(13,14)15/h3-4,7H,2,5H2,1H3,(H,17,18)(H,19,20). The number of aromatic nitrogens is 1. The van der Waals surface area contributed by atoms with Gasteiger partial charge in [-0.15, -0.1) is 0 Å². The number of carboxylic acids is 1. The molecule has 1 aromatic heterocycles. The van der Waals surface area contributed by atoms with E-state index in [0.717, 1.165) is 12.1 Å². The molecule has 0 amide bonds. The van der Waals surface area contributed by atoms with E-state index in [1.165, 1.54) is 0 Å². The van der Waals surface area contributed by atoms with Crippen LogP contribution in [0.25, 0.3) is 0 Å². The SMILES string of the molecule is CC(CCC(=O)O)Nc1nc(C(F)(F)F)ccc1C#N. The van der Waals surface area contributed by atoms with Gasteiger partial charge in [-0.25, -0.2) is 4.98 Å². The second-order valence-electron chi connectivity index (χ2n) is 4.18. The van der Waals surface area contributed by atoms with E-state index < -0.39 is 23.9 Å². The van der Waals surface area contributed by atoms with Crippen molar-refractivity contribution in [2.24, 2.45) is 0 Å². The third-order valence-electron chi connectivity index (χ3n) is 2.48. The van der Waals surface area contributed by atoms with Gasteiger partial charge in [0.15, 0.2) is 0 Å². The minimum absolute atomic E-state index is 0.0276. The molecule has 0 fully saturated rings. The van der Waals surface area contributed by atoms with Gasteiger partial charge >= 0.3 is 12.1 Å². The van der Waals surface area contributed by atoms with E-state index in [1.807, 2.05) is 0 Å². The van der Waals surface area contributed by atoms with Crippen molar-refractivity contribution in [1.29, 1.82) is 5.26 Å². The van der Waals surface area contributed by atoms with Crippen LogP contribution in [0.3, 0.4) is 0 Å². The van der Waals surface area contributed by atoms with Crippen molar-refractivity contribution in [3.05, 3.63) is 23.4 Å². The van der Waals surface area contributed by atoms with E-state index in [4.69, 9.17) is 10.4 Å². The summed E-state index contributed by atoms with van der Waals surface area (Å²) >= 11 is 0. The van der Waals surface area contributed by atoms with Gasteiger partial charge in [-0.1, -0.05) is 0 Å². The molecule has 0 saturated heterocycles. The molecule has 20 heavy (non-hydrogen) atoms. The van der Waals surface area contributed by atoms with Gasteiger partial charge in [0.05, 0.1) is 5.56 Å². The lowest BCUT2D eigenvalue weighted by molar-refractivity contribution is -0.141. The minimum atomic E-state index is -4.60. The third kappa shape index (κ3) is 4.42. The first-order valence-corrected chi connectivity index (χ1v) is 5.70. The van der Waals surface area contributed by atoms with Crippen LogP contribution in [0.4, 0.5) is 19.0 Å². The summed E-state index contributed by atoms with van der Waals surface area (Å²) in [6.45, 7) is 1.60. The summed E-state index contributed by atoms with van der Waals surface area (Å²) in [6.07, 6.45) is -4.53. The number of nitrogens with one attached hydrogen (secondary N) is 1. The van der Waals surface area contributed by atoms with Crippen molar-refractivity contribution < 1.29 is 23.1 Å². The highest BCUT2D eigenvalue weighted by Gasteiger charge is 2.33. The lowest BCUT2D eigenvalue weighted by Crippen LogP contribution is -2.19. The fourth-order valence-corrected chi connectivity index (χ4v) is 1.46. The zero-order valence-electron chi connectivity index (χ0n) is 10.5. The molecule has 0 aliphatic rings. The summed E-state index contributed by atoms with van der Waals surface area (Å²) in [5.74, 6) is -1.20. The Morgan fingerprint density at radius 1 is 1.55 bits per heavy atom. The monoisotopic (exact) mass is 287 g/mol. The molecule has 108 valence electrons. The number of halogens is 3. The Balaban J connectivity index is 2.92. The molecule has 0 saturated carbocycles. The van der Waals surface area contributed by atoms with Gasteiger partial charge in [-0.05, 0) is 25.5 Å². The van der Waals surface area contributed by atoms with Crippen LogP contribution < -0.4 is 5.32 Å². The Morgan fingerprint density at radius 2 is 2.20 bits per heavy atom. The molecular weight excluding hydrogens is 275 g/mol. The van der Waals surface area contributed by atoms with Crippen LogP contribution in [0.15, 0.2) is 12.1 Å². The molecule has 1 aromatic rings. The predicted molar refractivity (Wildman–Crippen MR) is 63.9 cm³/mol. The summed E-state index contributed by atoms with van der Waals surface area (Å²) in [5, 5.41) is 20.0. The number of hydrogen-bond donors (Lipinski definition) is 2. The van der Waals surface area contributed by atoms with Gasteiger partial charge in [0.1, 0.15) is 17.6 Å². The second-order valence-corrected chi connectivity index (χ2v) is 4.18. The number of alkyl halides is 3. The average Bonchev–Trinajstić information content (AvgIpc) is 2.35. The van der Waals surface area contributed by atoms with E-state index in [1.54, 1.807) is 13.0 Å². The zero-order chi connectivity index (χ0) is 15.3. The summed E-state index contributed by atoms with van der Waals surface area (Å²) < 4.78 is 37.6. The van der Waals surface area contributed by atoms with Crippen LogP contribution in [-0.2, 0) is 11.0 Å². The van der Waals surface area contributed by atoms with Gasteiger partial charge in [-0.3, -0.25) is 4.79 Å². The number of anilines is 1. The maximum absolute atomic E-state index is 12.5. The maximum atomic E-state index is 12.5. The highest BCUT2D eigenvalue weighted by molar-refractivity contribution is 5.66. The fourth-order valence-electron chi connectivity index (χ4n) is 1.46. The van der Waals surface area contributed by atoms with Crippen LogP contribution in [0.1, 0.15) is 31.0 Å². The van der Waals surface area contributed by atoms with Gasteiger partial charge < -0.3 is 10.4 Å². The van der Waals surface area contributed by atoms with E-state index in [0.29, 0.717) is 0 Å². The van der Waals surface area contributed by atoms with Crippen molar-refractivity contribution in [3.63, 3.8) is 0 Å². The molecule has 1 atom stereocenters. The predicted octanol–water partition coefficient (Wildman–Crippen LogP) is 2.64. The van der Waals surface area contributed by atoms with Crippen LogP contribution in [0, 0.1) is 11.3 Å². The molecule has 0 bridgehead atoms. The van der Waals surface area contributed by atoms with Gasteiger partial charge in [-0.2, -0.15) is 18.4 Å². The Hall–Kier alpha value is -2.30. The maximum Gasteiger partial charge on any atom is 0.433 e. The summed E-state index contributed by atoms with van der Waals surface area (Å²) in [7, 11) is 0. The lowest BCUT2D eigenvalue weighted by atomic mass is 10.1. The highest BCUT2D eigenvalue weighted by Crippen LogP contribution is 2.29. The molecule has 0 aromatic carbocycles. The molecule has 1 rings (SSSR count). The number of rotatable bonds is 5. The molecule has 0 radical (unpaired) electrons.